The molecule has 0 radical (unpaired) electrons. The topological polar surface area (TPSA) is 61.3 Å². The Kier molecular flexibility index (Phi) is 8.92. The molecule has 2 aromatic rings. The predicted octanol–water partition coefficient (Wildman–Crippen LogP) is 4.84. The first-order valence-corrected chi connectivity index (χ1v) is 9.84. The SMILES string of the molecule is CCCCOCC(C)C(=O)Oc1ccc(-c2ncc(CCCC)cn2)cc1. The van der Waals surface area contributed by atoms with Crippen molar-refractivity contribution in [3.05, 3.63) is 42.2 Å². The molecule has 0 spiro atoms. The Hall–Kier alpha value is -2.27. The highest BCUT2D eigenvalue weighted by atomic mass is 16.5. The number of hydrogen-bond donors (Lipinski definition) is 0. The lowest BCUT2D eigenvalue weighted by atomic mass is 10.1. The van der Waals surface area contributed by atoms with Gasteiger partial charge in [0.1, 0.15) is 5.75 Å². The Morgan fingerprint density at radius 2 is 1.70 bits per heavy atom. The number of esters is 1. The minimum atomic E-state index is -0.291. The molecule has 0 aliphatic heterocycles. The van der Waals surface area contributed by atoms with Crippen molar-refractivity contribution in [3.63, 3.8) is 0 Å². The van der Waals surface area contributed by atoms with Crippen LogP contribution in [0, 0.1) is 5.92 Å². The van der Waals surface area contributed by atoms with Crippen molar-refractivity contribution in [2.75, 3.05) is 13.2 Å². The quantitative estimate of drug-likeness (QED) is 0.322. The lowest BCUT2D eigenvalue weighted by Gasteiger charge is -2.12. The lowest BCUT2D eigenvalue weighted by Crippen LogP contribution is -2.22. The third-order valence-corrected chi connectivity index (χ3v) is 4.27. The van der Waals surface area contributed by atoms with Crippen LogP contribution in [0.3, 0.4) is 0 Å². The van der Waals surface area contributed by atoms with Crippen LogP contribution in [0.4, 0.5) is 0 Å². The van der Waals surface area contributed by atoms with Crippen LogP contribution in [-0.2, 0) is 16.0 Å². The number of benzene rings is 1. The van der Waals surface area contributed by atoms with E-state index in [2.05, 4.69) is 23.8 Å². The van der Waals surface area contributed by atoms with Crippen LogP contribution in [0.5, 0.6) is 5.75 Å². The maximum atomic E-state index is 12.1. The van der Waals surface area contributed by atoms with Gasteiger partial charge in [-0.15, -0.1) is 0 Å². The summed E-state index contributed by atoms with van der Waals surface area (Å²) in [4.78, 5) is 21.0. The number of aryl methyl sites for hydroxylation is 1. The van der Waals surface area contributed by atoms with Gasteiger partial charge in [-0.3, -0.25) is 4.79 Å². The minimum Gasteiger partial charge on any atom is -0.426 e. The van der Waals surface area contributed by atoms with Crippen LogP contribution < -0.4 is 4.74 Å². The first-order chi connectivity index (χ1) is 13.1. The lowest BCUT2D eigenvalue weighted by molar-refractivity contribution is -0.140. The van der Waals surface area contributed by atoms with Crippen LogP contribution in [0.2, 0.25) is 0 Å². The highest BCUT2D eigenvalue weighted by Gasteiger charge is 2.15. The van der Waals surface area contributed by atoms with E-state index < -0.39 is 0 Å². The summed E-state index contributed by atoms with van der Waals surface area (Å²) in [6.07, 6.45) is 9.15. The van der Waals surface area contributed by atoms with Crippen molar-refractivity contribution >= 4 is 5.97 Å². The molecule has 146 valence electrons. The zero-order valence-electron chi connectivity index (χ0n) is 16.6. The van der Waals surface area contributed by atoms with Crippen molar-refractivity contribution in [3.8, 4) is 17.1 Å². The Labute approximate surface area is 162 Å². The van der Waals surface area contributed by atoms with E-state index in [0.717, 1.165) is 43.2 Å². The van der Waals surface area contributed by atoms with Gasteiger partial charge in [0.15, 0.2) is 5.82 Å². The zero-order chi connectivity index (χ0) is 19.5. The molecule has 0 bridgehead atoms. The molecule has 1 aromatic carbocycles. The number of ether oxygens (including phenoxy) is 2. The van der Waals surface area contributed by atoms with E-state index in [0.29, 0.717) is 24.8 Å². The molecular weight excluding hydrogens is 340 g/mol. The standard InChI is InChI=1S/C22H30N2O3/c1-4-6-8-18-14-23-21(24-15-18)19-9-11-20(12-10-19)27-22(25)17(3)16-26-13-7-5-2/h9-12,14-15,17H,4-8,13,16H2,1-3H3. The van der Waals surface area contributed by atoms with Crippen LogP contribution in [0.1, 0.15) is 52.0 Å². The van der Waals surface area contributed by atoms with Gasteiger partial charge in [-0.05, 0) is 56.0 Å². The molecule has 2 rings (SSSR count). The first-order valence-electron chi connectivity index (χ1n) is 9.84. The Balaban J connectivity index is 1.88. The number of carbonyl (C=O) groups excluding carboxylic acids is 1. The largest absolute Gasteiger partial charge is 0.426 e. The second kappa shape index (κ2) is 11.4. The monoisotopic (exact) mass is 370 g/mol. The zero-order valence-corrected chi connectivity index (χ0v) is 16.6. The number of aromatic nitrogens is 2. The highest BCUT2D eigenvalue weighted by molar-refractivity contribution is 5.75. The molecule has 0 N–H and O–H groups in total. The van der Waals surface area contributed by atoms with Gasteiger partial charge in [0.05, 0.1) is 12.5 Å². The van der Waals surface area contributed by atoms with Gasteiger partial charge in [0, 0.05) is 24.6 Å². The maximum absolute atomic E-state index is 12.1. The van der Waals surface area contributed by atoms with Gasteiger partial charge >= 0.3 is 5.97 Å². The molecule has 0 fully saturated rings. The van der Waals surface area contributed by atoms with Gasteiger partial charge in [-0.25, -0.2) is 9.97 Å². The molecular formula is C22H30N2O3. The van der Waals surface area contributed by atoms with Crippen LogP contribution in [0.25, 0.3) is 11.4 Å². The maximum Gasteiger partial charge on any atom is 0.316 e. The highest BCUT2D eigenvalue weighted by Crippen LogP contribution is 2.20. The summed E-state index contributed by atoms with van der Waals surface area (Å²) < 4.78 is 10.9. The third kappa shape index (κ3) is 7.10. The van der Waals surface area contributed by atoms with Crippen LogP contribution in [0.15, 0.2) is 36.7 Å². The van der Waals surface area contributed by atoms with Crippen molar-refractivity contribution in [2.45, 2.75) is 52.9 Å². The fourth-order valence-electron chi connectivity index (χ4n) is 2.48. The number of nitrogens with zero attached hydrogens (tertiary/aromatic N) is 2. The molecule has 5 heteroatoms. The molecule has 0 aliphatic carbocycles. The number of hydrogen-bond acceptors (Lipinski definition) is 5. The van der Waals surface area contributed by atoms with Crippen LogP contribution >= 0.6 is 0 Å². The molecule has 0 saturated carbocycles. The van der Waals surface area contributed by atoms with E-state index in [-0.39, 0.29) is 11.9 Å². The van der Waals surface area contributed by atoms with E-state index in [9.17, 15) is 4.79 Å². The molecule has 27 heavy (non-hydrogen) atoms. The van der Waals surface area contributed by atoms with Gasteiger partial charge in [0.25, 0.3) is 0 Å². The van der Waals surface area contributed by atoms with E-state index in [4.69, 9.17) is 9.47 Å². The second-order valence-electron chi connectivity index (χ2n) is 6.79. The molecule has 0 amide bonds. The molecule has 1 unspecified atom stereocenters. The smallest absolute Gasteiger partial charge is 0.316 e. The van der Waals surface area contributed by atoms with E-state index >= 15 is 0 Å². The number of rotatable bonds is 11. The minimum absolute atomic E-state index is 0.282. The predicted molar refractivity (Wildman–Crippen MR) is 107 cm³/mol. The average molecular weight is 370 g/mol. The van der Waals surface area contributed by atoms with Crippen molar-refractivity contribution in [1.82, 2.24) is 9.97 Å². The van der Waals surface area contributed by atoms with Crippen molar-refractivity contribution < 1.29 is 14.3 Å². The summed E-state index contributed by atoms with van der Waals surface area (Å²) in [7, 11) is 0. The van der Waals surface area contributed by atoms with Gasteiger partial charge in [-0.2, -0.15) is 0 Å². The second-order valence-corrected chi connectivity index (χ2v) is 6.79. The normalized spacial score (nSPS) is 12.0. The summed E-state index contributed by atoms with van der Waals surface area (Å²) >= 11 is 0. The van der Waals surface area contributed by atoms with Gasteiger partial charge in [-0.1, -0.05) is 26.7 Å². The molecule has 1 aromatic heterocycles. The van der Waals surface area contributed by atoms with Crippen molar-refractivity contribution in [2.24, 2.45) is 5.92 Å². The summed E-state index contributed by atoms with van der Waals surface area (Å²) in [6, 6.07) is 7.27. The summed E-state index contributed by atoms with van der Waals surface area (Å²) in [5, 5.41) is 0. The number of unbranched alkanes of at least 4 members (excludes halogenated alkanes) is 2. The molecule has 1 atom stereocenters. The Morgan fingerprint density at radius 1 is 1.04 bits per heavy atom. The van der Waals surface area contributed by atoms with Gasteiger partial charge < -0.3 is 9.47 Å². The van der Waals surface area contributed by atoms with E-state index in [1.54, 1.807) is 12.1 Å². The molecule has 1 heterocycles. The average Bonchev–Trinajstić information content (AvgIpc) is 2.70. The van der Waals surface area contributed by atoms with Crippen LogP contribution in [-0.4, -0.2) is 29.2 Å². The first kappa shape index (κ1) is 21.0. The Bertz CT molecular complexity index is 684. The fourth-order valence-corrected chi connectivity index (χ4v) is 2.48. The summed E-state index contributed by atoms with van der Waals surface area (Å²) in [5.41, 5.74) is 2.05. The summed E-state index contributed by atoms with van der Waals surface area (Å²) in [6.45, 7) is 7.16. The van der Waals surface area contributed by atoms with E-state index in [1.165, 1.54) is 0 Å². The fraction of sp³-hybridized carbons (Fsp3) is 0.500. The molecule has 0 aliphatic rings. The van der Waals surface area contributed by atoms with Gasteiger partial charge in [0.2, 0.25) is 0 Å². The Morgan fingerprint density at radius 3 is 2.33 bits per heavy atom. The number of carbonyl (C=O) groups is 1. The third-order valence-electron chi connectivity index (χ3n) is 4.27. The van der Waals surface area contributed by atoms with Crippen molar-refractivity contribution in [1.29, 1.82) is 0 Å². The molecule has 0 saturated heterocycles. The molecule has 5 nitrogen and oxygen atoms in total. The van der Waals surface area contributed by atoms with E-state index in [1.807, 2.05) is 31.5 Å². The summed E-state index contributed by atoms with van der Waals surface area (Å²) in [5.74, 6) is 0.617.